The lowest BCUT2D eigenvalue weighted by molar-refractivity contribution is -0.712. The summed E-state index contributed by atoms with van der Waals surface area (Å²) in [4.78, 5) is 22.7. The first-order valence-corrected chi connectivity index (χ1v) is 11.0. The molecule has 0 spiro atoms. The summed E-state index contributed by atoms with van der Waals surface area (Å²) in [5.74, 6) is -0.144. The molecule has 0 N–H and O–H groups in total. The number of hydrazine groups is 1. The second-order valence-electron chi connectivity index (χ2n) is 7.76. The van der Waals surface area contributed by atoms with Crippen LogP contribution in [0.25, 0.3) is 0 Å². The Balaban J connectivity index is 1.54. The molecule has 10 heteroatoms. The van der Waals surface area contributed by atoms with E-state index in [4.69, 9.17) is 25.9 Å². The molecule has 0 aliphatic carbocycles. The Kier molecular flexibility index (Phi) is 6.76. The lowest BCUT2D eigenvalue weighted by atomic mass is 10.0. The molecular formula is C22H25ClN4O5. The molecule has 0 amide bonds. The van der Waals surface area contributed by atoms with Gasteiger partial charge in [-0.15, -0.1) is 5.01 Å². The Bertz CT molecular complexity index is 1010. The van der Waals surface area contributed by atoms with Crippen LogP contribution in [0.4, 0.5) is 0 Å². The number of rotatable bonds is 7. The number of aromatic nitrogens is 1. The fourth-order valence-corrected chi connectivity index (χ4v) is 4.05. The van der Waals surface area contributed by atoms with Gasteiger partial charge in [-0.05, 0) is 43.9 Å². The van der Waals surface area contributed by atoms with Crippen molar-refractivity contribution in [1.29, 1.82) is 0 Å². The number of ether oxygens (including phenoxy) is 2. The van der Waals surface area contributed by atoms with E-state index in [0.717, 1.165) is 23.1 Å². The van der Waals surface area contributed by atoms with Crippen LogP contribution >= 0.6 is 11.6 Å². The predicted molar refractivity (Wildman–Crippen MR) is 115 cm³/mol. The topological polar surface area (TPSA) is 99.3 Å². The number of carbonyl (C=O) groups excluding carboxylic acids is 1. The SMILES string of the molecule is CCCON=[N+]([O-])N1CCC[C@H]1C(=O)Oc1c(C)ncc2c1CO[C@H]2c1ccc(Cl)cc1. The molecule has 1 aromatic carbocycles. The third kappa shape index (κ3) is 4.49. The number of aryl methyl sites for hydroxylation is 1. The molecule has 32 heavy (non-hydrogen) atoms. The van der Waals surface area contributed by atoms with Crippen molar-refractivity contribution in [2.75, 3.05) is 13.2 Å². The zero-order valence-corrected chi connectivity index (χ0v) is 18.7. The third-order valence-corrected chi connectivity index (χ3v) is 5.79. The van der Waals surface area contributed by atoms with Crippen molar-refractivity contribution in [3.63, 3.8) is 0 Å². The highest BCUT2D eigenvalue weighted by Crippen LogP contribution is 2.41. The van der Waals surface area contributed by atoms with Crippen molar-refractivity contribution in [1.82, 2.24) is 9.99 Å². The minimum absolute atomic E-state index is 0.289. The zero-order chi connectivity index (χ0) is 22.7. The maximum absolute atomic E-state index is 13.0. The van der Waals surface area contributed by atoms with Gasteiger partial charge in [0.15, 0.2) is 11.8 Å². The summed E-state index contributed by atoms with van der Waals surface area (Å²) < 4.78 is 11.8. The fourth-order valence-electron chi connectivity index (χ4n) is 3.93. The Morgan fingerprint density at radius 3 is 2.94 bits per heavy atom. The summed E-state index contributed by atoms with van der Waals surface area (Å²) in [6.07, 6.45) is 3.33. The van der Waals surface area contributed by atoms with E-state index < -0.39 is 12.0 Å². The summed E-state index contributed by atoms with van der Waals surface area (Å²) in [5, 5.41) is 17.7. The van der Waals surface area contributed by atoms with E-state index in [1.165, 1.54) is 5.01 Å². The van der Waals surface area contributed by atoms with E-state index in [-0.39, 0.29) is 12.7 Å². The molecular weight excluding hydrogens is 436 g/mol. The van der Waals surface area contributed by atoms with Gasteiger partial charge in [0, 0.05) is 22.3 Å². The molecule has 2 aliphatic rings. The highest BCUT2D eigenvalue weighted by Gasteiger charge is 2.40. The monoisotopic (exact) mass is 460 g/mol. The van der Waals surface area contributed by atoms with Gasteiger partial charge in [0.05, 0.1) is 23.8 Å². The number of fused-ring (bicyclic) bond motifs is 1. The van der Waals surface area contributed by atoms with Gasteiger partial charge in [-0.25, -0.2) is 4.79 Å². The molecule has 0 bridgehead atoms. The Hall–Kier alpha value is -2.91. The molecule has 0 saturated carbocycles. The van der Waals surface area contributed by atoms with Crippen LogP contribution in [0.3, 0.4) is 0 Å². The Labute approximate surface area is 191 Å². The summed E-state index contributed by atoms with van der Waals surface area (Å²) in [7, 11) is 0. The van der Waals surface area contributed by atoms with Crippen molar-refractivity contribution < 1.29 is 24.1 Å². The van der Waals surface area contributed by atoms with Crippen LogP contribution in [0, 0.1) is 12.1 Å². The van der Waals surface area contributed by atoms with Gasteiger partial charge in [-0.1, -0.05) is 30.7 Å². The predicted octanol–water partition coefficient (Wildman–Crippen LogP) is 4.25. The first-order chi connectivity index (χ1) is 15.5. The van der Waals surface area contributed by atoms with Crippen LogP contribution in [-0.4, -0.2) is 40.1 Å². The maximum atomic E-state index is 13.0. The van der Waals surface area contributed by atoms with Crippen LogP contribution in [0.15, 0.2) is 35.7 Å². The molecule has 170 valence electrons. The standard InChI is InChI=1S/C22H25ClN4O5/c1-3-11-31-25-27(29)26-10-4-5-19(26)22(28)32-20-14(2)24-12-17-18(20)13-30-21(17)15-6-8-16(23)9-7-15/h6-9,12,19,21H,3-5,10-11,13H2,1-2H3/t19-,21-/m0/s1. The summed E-state index contributed by atoms with van der Waals surface area (Å²) >= 11 is 6.00. The molecule has 2 atom stereocenters. The molecule has 2 aliphatic heterocycles. The molecule has 0 radical (unpaired) electrons. The van der Waals surface area contributed by atoms with Gasteiger partial charge >= 0.3 is 5.97 Å². The second-order valence-corrected chi connectivity index (χ2v) is 8.20. The van der Waals surface area contributed by atoms with Crippen molar-refractivity contribution in [3.8, 4) is 5.75 Å². The number of benzene rings is 1. The van der Waals surface area contributed by atoms with Crippen LogP contribution in [0.2, 0.25) is 5.02 Å². The molecule has 1 fully saturated rings. The van der Waals surface area contributed by atoms with E-state index in [9.17, 15) is 10.0 Å². The van der Waals surface area contributed by atoms with Crippen LogP contribution < -0.4 is 4.74 Å². The first kappa shape index (κ1) is 22.3. The lowest BCUT2D eigenvalue weighted by Gasteiger charge is -2.20. The molecule has 9 nitrogen and oxygen atoms in total. The van der Waals surface area contributed by atoms with E-state index in [1.807, 2.05) is 19.1 Å². The van der Waals surface area contributed by atoms with Crippen molar-refractivity contribution in [2.45, 2.75) is 51.9 Å². The lowest BCUT2D eigenvalue weighted by Crippen LogP contribution is -2.42. The number of halogens is 1. The molecule has 1 aromatic heterocycles. The molecule has 3 heterocycles. The fraction of sp³-hybridized carbons (Fsp3) is 0.455. The van der Waals surface area contributed by atoms with Gasteiger partial charge in [0.25, 0.3) is 0 Å². The summed E-state index contributed by atoms with van der Waals surface area (Å²) in [5.41, 5.74) is 3.15. The number of esters is 1. The third-order valence-electron chi connectivity index (χ3n) is 5.54. The van der Waals surface area contributed by atoms with Gasteiger partial charge < -0.3 is 19.5 Å². The highest BCUT2D eigenvalue weighted by molar-refractivity contribution is 6.30. The number of hydrogen-bond donors (Lipinski definition) is 0. The van der Waals surface area contributed by atoms with E-state index >= 15 is 0 Å². The molecule has 0 unspecified atom stereocenters. The number of pyridine rings is 1. The van der Waals surface area contributed by atoms with Crippen molar-refractivity contribution in [3.05, 3.63) is 63.1 Å². The minimum Gasteiger partial charge on any atom is -0.569 e. The average Bonchev–Trinajstić information content (AvgIpc) is 3.44. The Morgan fingerprint density at radius 1 is 1.41 bits per heavy atom. The van der Waals surface area contributed by atoms with Crippen molar-refractivity contribution in [2.24, 2.45) is 5.28 Å². The summed E-state index contributed by atoms with van der Waals surface area (Å²) in [6.45, 7) is 4.71. The first-order valence-electron chi connectivity index (χ1n) is 10.6. The van der Waals surface area contributed by atoms with Crippen LogP contribution in [0.5, 0.6) is 5.75 Å². The largest absolute Gasteiger partial charge is 0.569 e. The quantitative estimate of drug-likeness (QED) is 0.200. The van der Waals surface area contributed by atoms with Gasteiger partial charge in [-0.3, -0.25) is 4.98 Å². The molecule has 2 aromatic rings. The van der Waals surface area contributed by atoms with E-state index in [0.29, 0.717) is 47.4 Å². The highest BCUT2D eigenvalue weighted by atomic mass is 35.5. The normalized spacial score (nSPS) is 20.3. The molecule has 1 saturated heterocycles. The second kappa shape index (κ2) is 9.70. The smallest absolute Gasteiger partial charge is 0.340 e. The van der Waals surface area contributed by atoms with Gasteiger partial charge in [0.2, 0.25) is 5.28 Å². The maximum Gasteiger partial charge on any atom is 0.340 e. The average molecular weight is 461 g/mol. The number of nitrogens with zero attached hydrogens (tertiary/aromatic N) is 4. The Morgan fingerprint density at radius 2 is 2.19 bits per heavy atom. The minimum atomic E-state index is -0.744. The van der Waals surface area contributed by atoms with Crippen LogP contribution in [-0.2, 0) is 21.0 Å². The zero-order valence-electron chi connectivity index (χ0n) is 18.0. The number of carbonyl (C=O) groups is 1. The molecule has 4 rings (SSSR count). The van der Waals surface area contributed by atoms with Gasteiger partial charge in [0.1, 0.15) is 12.7 Å². The van der Waals surface area contributed by atoms with Gasteiger partial charge in [-0.2, -0.15) is 0 Å². The van der Waals surface area contributed by atoms with Crippen LogP contribution in [0.1, 0.15) is 54.7 Å². The van der Waals surface area contributed by atoms with E-state index in [1.54, 1.807) is 25.3 Å². The number of hydrogen-bond acceptors (Lipinski definition) is 7. The van der Waals surface area contributed by atoms with Crippen molar-refractivity contribution >= 4 is 17.6 Å². The summed E-state index contributed by atoms with van der Waals surface area (Å²) in [6, 6.07) is 6.67. The van der Waals surface area contributed by atoms with E-state index in [2.05, 4.69) is 10.3 Å².